The maximum absolute atomic E-state index is 13.5. The Morgan fingerprint density at radius 3 is 2.88 bits per heavy atom. The van der Waals surface area contributed by atoms with Crippen LogP contribution in [0.2, 0.25) is 5.02 Å². The second kappa shape index (κ2) is 4.22. The largest absolute Gasteiger partial charge is 0.478 e. The summed E-state index contributed by atoms with van der Waals surface area (Å²) in [6.45, 7) is 3.56. The summed E-state index contributed by atoms with van der Waals surface area (Å²) in [5.74, 6) is -1.11. The Morgan fingerprint density at radius 1 is 1.59 bits per heavy atom. The van der Waals surface area contributed by atoms with Crippen LogP contribution in [0.1, 0.15) is 11.1 Å². The van der Waals surface area contributed by atoms with Gasteiger partial charge in [-0.3, -0.25) is 0 Å². The first-order valence-corrected chi connectivity index (χ1v) is 5.12. The molecule has 0 fully saturated rings. The van der Waals surface area contributed by atoms with E-state index in [4.69, 9.17) is 21.4 Å². The van der Waals surface area contributed by atoms with Crippen LogP contribution in [-0.2, 0) is 4.79 Å². The molecule has 17 heavy (non-hydrogen) atoms. The van der Waals surface area contributed by atoms with E-state index in [1.54, 1.807) is 6.07 Å². The number of benzene rings is 1. The lowest BCUT2D eigenvalue weighted by atomic mass is 10.0. The Hall–Kier alpha value is -1.81. The highest BCUT2D eigenvalue weighted by Crippen LogP contribution is 2.36. The SMILES string of the molecule is C=Cc1cc(Cl)cc2c1OC(F)C(C(=O)O)=C2. The molecule has 1 N–H and O–H groups in total. The van der Waals surface area contributed by atoms with Crippen molar-refractivity contribution in [2.24, 2.45) is 0 Å². The maximum Gasteiger partial charge on any atom is 0.338 e. The molecule has 1 aromatic rings. The van der Waals surface area contributed by atoms with Crippen LogP contribution in [0.5, 0.6) is 5.75 Å². The van der Waals surface area contributed by atoms with Crippen LogP contribution in [0.25, 0.3) is 12.2 Å². The molecule has 3 nitrogen and oxygen atoms in total. The fraction of sp³-hybridized carbons (Fsp3) is 0.0833. The molecule has 0 saturated carbocycles. The lowest BCUT2D eigenvalue weighted by Crippen LogP contribution is -2.23. The van der Waals surface area contributed by atoms with Gasteiger partial charge in [0.2, 0.25) is 0 Å². The van der Waals surface area contributed by atoms with Crippen molar-refractivity contribution in [3.63, 3.8) is 0 Å². The van der Waals surface area contributed by atoms with Gasteiger partial charge in [0, 0.05) is 16.1 Å². The van der Waals surface area contributed by atoms with Gasteiger partial charge in [0.15, 0.2) is 0 Å². The molecule has 0 saturated heterocycles. The fourth-order valence-corrected chi connectivity index (χ4v) is 1.83. The standard InChI is InChI=1S/C12H8ClFO3/c1-2-6-3-8(13)4-7-5-9(12(15)16)11(14)17-10(6)7/h2-5,11H,1H2,(H,15,16). The van der Waals surface area contributed by atoms with Gasteiger partial charge in [-0.05, 0) is 18.2 Å². The highest BCUT2D eigenvalue weighted by Gasteiger charge is 2.28. The van der Waals surface area contributed by atoms with Crippen molar-refractivity contribution in [1.82, 2.24) is 0 Å². The molecule has 0 amide bonds. The number of halogens is 2. The minimum absolute atomic E-state index is 0.252. The molecule has 0 radical (unpaired) electrons. The summed E-state index contributed by atoms with van der Waals surface area (Å²) in [4.78, 5) is 10.8. The van der Waals surface area contributed by atoms with Crippen molar-refractivity contribution in [3.8, 4) is 5.75 Å². The maximum atomic E-state index is 13.5. The van der Waals surface area contributed by atoms with E-state index in [-0.39, 0.29) is 5.75 Å². The number of carboxylic acids is 1. The highest BCUT2D eigenvalue weighted by atomic mass is 35.5. The number of hydrogen-bond acceptors (Lipinski definition) is 2. The van der Waals surface area contributed by atoms with Crippen molar-refractivity contribution in [1.29, 1.82) is 0 Å². The molecule has 5 heteroatoms. The Labute approximate surface area is 102 Å². The molecule has 1 atom stereocenters. The first-order valence-electron chi connectivity index (χ1n) is 4.74. The van der Waals surface area contributed by atoms with Crippen LogP contribution in [0.4, 0.5) is 4.39 Å². The van der Waals surface area contributed by atoms with Gasteiger partial charge < -0.3 is 9.84 Å². The van der Waals surface area contributed by atoms with Gasteiger partial charge in [0.05, 0.1) is 0 Å². The zero-order chi connectivity index (χ0) is 12.6. The molecule has 1 aliphatic rings. The van der Waals surface area contributed by atoms with E-state index < -0.39 is 17.9 Å². The molecule has 1 aromatic carbocycles. The Morgan fingerprint density at radius 2 is 2.29 bits per heavy atom. The number of hydrogen-bond donors (Lipinski definition) is 1. The summed E-state index contributed by atoms with van der Waals surface area (Å²) >= 11 is 5.85. The van der Waals surface area contributed by atoms with Gasteiger partial charge in [-0.15, -0.1) is 0 Å². The first kappa shape index (κ1) is 11.7. The monoisotopic (exact) mass is 254 g/mol. The minimum atomic E-state index is -1.99. The summed E-state index contributed by atoms with van der Waals surface area (Å²) in [5.41, 5.74) is 0.504. The number of aliphatic carboxylic acids is 1. The van der Waals surface area contributed by atoms with Crippen LogP contribution in [0.3, 0.4) is 0 Å². The fourth-order valence-electron chi connectivity index (χ4n) is 1.59. The third-order valence-electron chi connectivity index (χ3n) is 2.35. The van der Waals surface area contributed by atoms with E-state index in [0.717, 1.165) is 0 Å². The van der Waals surface area contributed by atoms with Crippen LogP contribution >= 0.6 is 11.6 Å². The Bertz CT molecular complexity index is 537. The summed E-state index contributed by atoms with van der Waals surface area (Å²) < 4.78 is 18.4. The quantitative estimate of drug-likeness (QED) is 0.882. The van der Waals surface area contributed by atoms with E-state index in [2.05, 4.69) is 6.58 Å². The number of alkyl halides is 1. The average Bonchev–Trinajstić information content (AvgIpc) is 2.27. The molecule has 0 spiro atoms. The molecule has 1 unspecified atom stereocenters. The second-order valence-electron chi connectivity index (χ2n) is 3.46. The van der Waals surface area contributed by atoms with Gasteiger partial charge in [-0.25, -0.2) is 4.79 Å². The zero-order valence-corrected chi connectivity index (χ0v) is 9.37. The Balaban J connectivity index is 2.63. The van der Waals surface area contributed by atoms with Crippen LogP contribution < -0.4 is 4.74 Å². The van der Waals surface area contributed by atoms with Crippen molar-refractivity contribution in [2.45, 2.75) is 6.36 Å². The molecular formula is C12H8ClFO3. The predicted octanol–water partition coefficient (Wildman–Crippen LogP) is 3.14. The summed E-state index contributed by atoms with van der Waals surface area (Å²) in [5, 5.41) is 9.19. The normalized spacial score (nSPS) is 17.8. The zero-order valence-electron chi connectivity index (χ0n) is 8.61. The van der Waals surface area contributed by atoms with Crippen molar-refractivity contribution in [2.75, 3.05) is 0 Å². The van der Waals surface area contributed by atoms with E-state index in [0.29, 0.717) is 16.1 Å². The number of carboxylic acid groups (broad SMARTS) is 1. The van der Waals surface area contributed by atoms with Gasteiger partial charge in [0.1, 0.15) is 11.3 Å². The summed E-state index contributed by atoms with van der Waals surface area (Å²) in [6.07, 6.45) is 0.696. The van der Waals surface area contributed by atoms with E-state index >= 15 is 0 Å². The van der Waals surface area contributed by atoms with Gasteiger partial charge >= 0.3 is 5.97 Å². The summed E-state index contributed by atoms with van der Waals surface area (Å²) in [7, 11) is 0. The number of ether oxygens (including phenoxy) is 1. The molecular weight excluding hydrogens is 247 g/mol. The van der Waals surface area contributed by atoms with E-state index in [9.17, 15) is 9.18 Å². The van der Waals surface area contributed by atoms with E-state index in [1.165, 1.54) is 18.2 Å². The summed E-state index contributed by atoms with van der Waals surface area (Å²) in [6, 6.07) is 3.08. The van der Waals surface area contributed by atoms with Crippen molar-refractivity contribution < 1.29 is 19.0 Å². The average molecular weight is 255 g/mol. The second-order valence-corrected chi connectivity index (χ2v) is 3.89. The lowest BCUT2D eigenvalue weighted by Gasteiger charge is -2.21. The minimum Gasteiger partial charge on any atom is -0.478 e. The number of carbonyl (C=O) groups is 1. The highest BCUT2D eigenvalue weighted by molar-refractivity contribution is 6.31. The van der Waals surface area contributed by atoms with E-state index in [1.807, 2.05) is 0 Å². The van der Waals surface area contributed by atoms with Gasteiger partial charge in [-0.2, -0.15) is 4.39 Å². The third-order valence-corrected chi connectivity index (χ3v) is 2.57. The Kier molecular flexibility index (Phi) is 2.90. The molecule has 0 bridgehead atoms. The lowest BCUT2D eigenvalue weighted by molar-refractivity contribution is -0.134. The van der Waals surface area contributed by atoms with Crippen LogP contribution in [0, 0.1) is 0 Å². The molecule has 2 rings (SSSR count). The van der Waals surface area contributed by atoms with Gasteiger partial charge in [-0.1, -0.05) is 24.3 Å². The van der Waals surface area contributed by atoms with Crippen LogP contribution in [-0.4, -0.2) is 17.4 Å². The topological polar surface area (TPSA) is 46.5 Å². The first-order chi connectivity index (χ1) is 8.02. The molecule has 1 heterocycles. The molecule has 88 valence electrons. The van der Waals surface area contributed by atoms with Gasteiger partial charge in [0.25, 0.3) is 6.36 Å². The predicted molar refractivity (Wildman–Crippen MR) is 62.7 cm³/mol. The van der Waals surface area contributed by atoms with Crippen LogP contribution in [0.15, 0.2) is 24.3 Å². The third kappa shape index (κ3) is 2.03. The smallest absolute Gasteiger partial charge is 0.338 e. The van der Waals surface area contributed by atoms with Crippen molar-refractivity contribution in [3.05, 3.63) is 40.4 Å². The van der Waals surface area contributed by atoms with Crippen molar-refractivity contribution >= 4 is 29.7 Å². The number of fused-ring (bicyclic) bond motifs is 1. The molecule has 0 aromatic heterocycles. The molecule has 0 aliphatic carbocycles. The molecule has 1 aliphatic heterocycles. The number of rotatable bonds is 2.